The number of hydrogen-bond donors (Lipinski definition) is 1. The Morgan fingerprint density at radius 2 is 1.79 bits per heavy atom. The minimum absolute atomic E-state index is 0.00471. The molecule has 0 aliphatic heterocycles. The molecule has 0 unspecified atom stereocenters. The van der Waals surface area contributed by atoms with Crippen LogP contribution in [0.15, 0.2) is 30.3 Å². The number of benzene rings is 1. The third-order valence-corrected chi connectivity index (χ3v) is 2.98. The van der Waals surface area contributed by atoms with Gasteiger partial charge in [0.2, 0.25) is 5.91 Å². The Morgan fingerprint density at radius 3 is 2.32 bits per heavy atom. The van der Waals surface area contributed by atoms with E-state index in [9.17, 15) is 9.59 Å². The lowest BCUT2D eigenvalue weighted by atomic mass is 10.1. The number of carbonyl (C=O) groups is 2. The Hall–Kier alpha value is -1.84. The second-order valence-corrected chi connectivity index (χ2v) is 4.81. The van der Waals surface area contributed by atoms with Crippen molar-refractivity contribution >= 4 is 11.9 Å². The zero-order valence-electron chi connectivity index (χ0n) is 11.5. The van der Waals surface area contributed by atoms with Gasteiger partial charge in [0, 0.05) is 19.0 Å². The maximum absolute atomic E-state index is 12.1. The van der Waals surface area contributed by atoms with Gasteiger partial charge in [0.15, 0.2) is 0 Å². The van der Waals surface area contributed by atoms with Gasteiger partial charge in [-0.25, -0.2) is 0 Å². The first-order valence-electron chi connectivity index (χ1n) is 6.56. The topological polar surface area (TPSA) is 57.6 Å². The van der Waals surface area contributed by atoms with Crippen molar-refractivity contribution in [1.82, 2.24) is 4.90 Å². The van der Waals surface area contributed by atoms with Gasteiger partial charge < -0.3 is 10.0 Å². The Balaban J connectivity index is 2.50. The molecule has 1 amide bonds. The summed E-state index contributed by atoms with van der Waals surface area (Å²) in [5.74, 6) is -0.860. The fourth-order valence-corrected chi connectivity index (χ4v) is 1.93. The van der Waals surface area contributed by atoms with E-state index in [0.717, 1.165) is 5.56 Å². The fourth-order valence-electron chi connectivity index (χ4n) is 1.93. The van der Waals surface area contributed by atoms with Gasteiger partial charge in [-0.2, -0.15) is 0 Å². The molecule has 0 spiro atoms. The number of carbonyl (C=O) groups excluding carboxylic acids is 1. The van der Waals surface area contributed by atoms with Gasteiger partial charge in [0.05, 0.1) is 6.42 Å². The summed E-state index contributed by atoms with van der Waals surface area (Å²) in [6.07, 6.45) is 1.10. The number of amides is 1. The highest BCUT2D eigenvalue weighted by atomic mass is 16.4. The Labute approximate surface area is 114 Å². The lowest BCUT2D eigenvalue weighted by Gasteiger charge is -2.26. The standard InChI is InChI=1S/C15H21NO3/c1-12(2)16(11-10-15(18)19)14(17)9-8-13-6-4-3-5-7-13/h3-7,12H,8-11H2,1-2H3,(H,18,19). The van der Waals surface area contributed by atoms with Crippen LogP contribution in [0.3, 0.4) is 0 Å². The highest BCUT2D eigenvalue weighted by Crippen LogP contribution is 2.08. The van der Waals surface area contributed by atoms with Gasteiger partial charge in [-0.15, -0.1) is 0 Å². The maximum Gasteiger partial charge on any atom is 0.305 e. The SMILES string of the molecule is CC(C)N(CCC(=O)O)C(=O)CCc1ccccc1. The summed E-state index contributed by atoms with van der Waals surface area (Å²) in [4.78, 5) is 24.3. The van der Waals surface area contributed by atoms with Crippen LogP contribution in [0.4, 0.5) is 0 Å². The molecule has 104 valence electrons. The normalized spacial score (nSPS) is 10.5. The largest absolute Gasteiger partial charge is 0.481 e. The van der Waals surface area contributed by atoms with Crippen molar-refractivity contribution in [3.8, 4) is 0 Å². The summed E-state index contributed by atoms with van der Waals surface area (Å²) in [5.41, 5.74) is 1.12. The van der Waals surface area contributed by atoms with Crippen LogP contribution in [0.2, 0.25) is 0 Å². The van der Waals surface area contributed by atoms with Crippen LogP contribution >= 0.6 is 0 Å². The average Bonchev–Trinajstić information content (AvgIpc) is 2.37. The van der Waals surface area contributed by atoms with Crippen molar-refractivity contribution < 1.29 is 14.7 Å². The van der Waals surface area contributed by atoms with Crippen molar-refractivity contribution in [2.45, 2.75) is 39.2 Å². The molecule has 1 aromatic rings. The molecule has 0 saturated heterocycles. The molecule has 1 N–H and O–H groups in total. The van der Waals surface area contributed by atoms with Gasteiger partial charge in [-0.1, -0.05) is 30.3 Å². The first-order valence-corrected chi connectivity index (χ1v) is 6.56. The molecular formula is C15H21NO3. The van der Waals surface area contributed by atoms with Gasteiger partial charge >= 0.3 is 5.97 Å². The number of carboxylic acid groups (broad SMARTS) is 1. The molecule has 0 bridgehead atoms. The highest BCUT2D eigenvalue weighted by Gasteiger charge is 2.17. The summed E-state index contributed by atoms with van der Waals surface area (Å²) in [7, 11) is 0. The number of aliphatic carboxylic acids is 1. The number of nitrogens with zero attached hydrogens (tertiary/aromatic N) is 1. The van der Waals surface area contributed by atoms with Gasteiger partial charge in [0.1, 0.15) is 0 Å². The molecular weight excluding hydrogens is 242 g/mol. The minimum Gasteiger partial charge on any atom is -0.481 e. The molecule has 4 heteroatoms. The smallest absolute Gasteiger partial charge is 0.305 e. The predicted molar refractivity (Wildman–Crippen MR) is 73.9 cm³/mol. The van der Waals surface area contributed by atoms with E-state index in [1.54, 1.807) is 4.90 Å². The molecule has 0 saturated carbocycles. The van der Waals surface area contributed by atoms with Gasteiger partial charge in [-0.3, -0.25) is 9.59 Å². The zero-order chi connectivity index (χ0) is 14.3. The lowest BCUT2D eigenvalue weighted by molar-refractivity contribution is -0.139. The molecule has 0 fully saturated rings. The Morgan fingerprint density at radius 1 is 1.16 bits per heavy atom. The van der Waals surface area contributed by atoms with Crippen molar-refractivity contribution in [3.63, 3.8) is 0 Å². The molecule has 0 radical (unpaired) electrons. The van der Waals surface area contributed by atoms with Crippen LogP contribution in [-0.4, -0.2) is 34.5 Å². The fraction of sp³-hybridized carbons (Fsp3) is 0.467. The number of carboxylic acids is 1. The van der Waals surface area contributed by atoms with Crippen molar-refractivity contribution in [2.75, 3.05) is 6.54 Å². The quantitative estimate of drug-likeness (QED) is 0.821. The summed E-state index contributed by atoms with van der Waals surface area (Å²) in [5, 5.41) is 8.70. The van der Waals surface area contributed by atoms with Crippen molar-refractivity contribution in [1.29, 1.82) is 0 Å². The molecule has 1 rings (SSSR count). The molecule has 0 heterocycles. The Bertz CT molecular complexity index is 415. The molecule has 0 aliphatic carbocycles. The van der Waals surface area contributed by atoms with Crippen LogP contribution < -0.4 is 0 Å². The number of rotatable bonds is 7. The molecule has 0 aliphatic rings. The van der Waals surface area contributed by atoms with Crippen LogP contribution in [0, 0.1) is 0 Å². The molecule has 1 aromatic carbocycles. The minimum atomic E-state index is -0.874. The second kappa shape index (κ2) is 7.56. The van der Waals surface area contributed by atoms with Crippen LogP contribution in [-0.2, 0) is 16.0 Å². The maximum atomic E-state index is 12.1. The second-order valence-electron chi connectivity index (χ2n) is 4.81. The van der Waals surface area contributed by atoms with E-state index in [2.05, 4.69) is 0 Å². The summed E-state index contributed by atoms with van der Waals surface area (Å²) in [6, 6.07) is 9.85. The molecule has 0 aromatic heterocycles. The predicted octanol–water partition coefficient (Wildman–Crippen LogP) is 2.33. The van der Waals surface area contributed by atoms with E-state index in [-0.39, 0.29) is 24.9 Å². The van der Waals surface area contributed by atoms with Crippen LogP contribution in [0.25, 0.3) is 0 Å². The molecule has 0 atom stereocenters. The number of aryl methyl sites for hydroxylation is 1. The summed E-state index contributed by atoms with van der Waals surface area (Å²) in [6.45, 7) is 4.09. The third-order valence-electron chi connectivity index (χ3n) is 2.98. The van der Waals surface area contributed by atoms with E-state index in [1.165, 1.54) is 0 Å². The first-order chi connectivity index (χ1) is 9.00. The zero-order valence-corrected chi connectivity index (χ0v) is 11.5. The average molecular weight is 263 g/mol. The Kier molecular flexibility index (Phi) is 6.06. The van der Waals surface area contributed by atoms with Crippen LogP contribution in [0.1, 0.15) is 32.3 Å². The lowest BCUT2D eigenvalue weighted by Crippen LogP contribution is -2.38. The van der Waals surface area contributed by atoms with Gasteiger partial charge in [0.25, 0.3) is 0 Å². The van der Waals surface area contributed by atoms with E-state index in [4.69, 9.17) is 5.11 Å². The van der Waals surface area contributed by atoms with Crippen molar-refractivity contribution in [3.05, 3.63) is 35.9 Å². The van der Waals surface area contributed by atoms with Gasteiger partial charge in [-0.05, 0) is 25.8 Å². The molecule has 4 nitrogen and oxygen atoms in total. The summed E-state index contributed by atoms with van der Waals surface area (Å²) >= 11 is 0. The van der Waals surface area contributed by atoms with E-state index in [0.29, 0.717) is 12.8 Å². The van der Waals surface area contributed by atoms with E-state index in [1.807, 2.05) is 44.2 Å². The number of hydrogen-bond acceptors (Lipinski definition) is 2. The van der Waals surface area contributed by atoms with Crippen LogP contribution in [0.5, 0.6) is 0 Å². The van der Waals surface area contributed by atoms with E-state index >= 15 is 0 Å². The van der Waals surface area contributed by atoms with E-state index < -0.39 is 5.97 Å². The first kappa shape index (κ1) is 15.2. The molecule has 19 heavy (non-hydrogen) atoms. The highest BCUT2D eigenvalue weighted by molar-refractivity contribution is 5.77. The monoisotopic (exact) mass is 263 g/mol. The summed E-state index contributed by atoms with van der Waals surface area (Å²) < 4.78 is 0. The third kappa shape index (κ3) is 5.55. The van der Waals surface area contributed by atoms with Crippen molar-refractivity contribution in [2.24, 2.45) is 0 Å².